The van der Waals surface area contributed by atoms with Gasteiger partial charge in [-0.2, -0.15) is 0 Å². The van der Waals surface area contributed by atoms with E-state index in [1.54, 1.807) is 10.9 Å². The van der Waals surface area contributed by atoms with Crippen molar-refractivity contribution in [2.24, 2.45) is 0 Å². The van der Waals surface area contributed by atoms with Crippen molar-refractivity contribution in [1.82, 2.24) is 25.6 Å². The summed E-state index contributed by atoms with van der Waals surface area (Å²) in [6.45, 7) is 2.44. The Labute approximate surface area is 101 Å². The zero-order valence-corrected chi connectivity index (χ0v) is 9.93. The largest absolute Gasteiger partial charge is 0.355 e. The third-order valence-corrected chi connectivity index (χ3v) is 2.96. The molecule has 2 N–H and O–H groups in total. The van der Waals surface area contributed by atoms with E-state index in [0.717, 1.165) is 32.4 Å². The highest BCUT2D eigenvalue weighted by Gasteiger charge is 2.19. The molecule has 0 aromatic carbocycles. The number of carbonyl (C=O) groups is 1. The molecule has 1 atom stereocenters. The van der Waals surface area contributed by atoms with Gasteiger partial charge >= 0.3 is 0 Å². The van der Waals surface area contributed by atoms with E-state index in [9.17, 15) is 4.79 Å². The Hall–Kier alpha value is -1.43. The molecule has 1 amide bonds. The molecule has 94 valence electrons. The summed E-state index contributed by atoms with van der Waals surface area (Å²) in [4.78, 5) is 11.8. The predicted molar refractivity (Wildman–Crippen MR) is 63.3 cm³/mol. The van der Waals surface area contributed by atoms with Crippen LogP contribution in [-0.2, 0) is 11.3 Å². The molecule has 0 aliphatic carbocycles. The van der Waals surface area contributed by atoms with Gasteiger partial charge in [-0.3, -0.25) is 9.48 Å². The number of piperidine rings is 1. The minimum Gasteiger partial charge on any atom is -0.355 e. The van der Waals surface area contributed by atoms with E-state index in [0.29, 0.717) is 6.54 Å². The lowest BCUT2D eigenvalue weighted by Gasteiger charge is -2.22. The van der Waals surface area contributed by atoms with E-state index >= 15 is 0 Å². The van der Waals surface area contributed by atoms with Crippen molar-refractivity contribution in [2.75, 3.05) is 13.1 Å². The molecule has 0 bridgehead atoms. The molecule has 0 saturated carbocycles. The molecular weight excluding hydrogens is 218 g/mol. The number of hydrogen-bond acceptors (Lipinski definition) is 4. The second-order valence-electron chi connectivity index (χ2n) is 4.31. The van der Waals surface area contributed by atoms with Gasteiger partial charge in [0, 0.05) is 19.3 Å². The average molecular weight is 237 g/mol. The molecule has 0 spiro atoms. The minimum atomic E-state index is 0.00937. The van der Waals surface area contributed by atoms with Gasteiger partial charge in [0.15, 0.2) is 0 Å². The molecule has 0 radical (unpaired) electrons. The van der Waals surface area contributed by atoms with E-state index in [2.05, 4.69) is 20.9 Å². The Kier molecular flexibility index (Phi) is 4.49. The Morgan fingerprint density at radius 2 is 2.47 bits per heavy atom. The summed E-state index contributed by atoms with van der Waals surface area (Å²) in [6.07, 6.45) is 7.63. The molecular formula is C11H19N5O. The van der Waals surface area contributed by atoms with E-state index in [1.165, 1.54) is 6.42 Å². The predicted octanol–water partition coefficient (Wildman–Crippen LogP) is -0.0735. The van der Waals surface area contributed by atoms with Gasteiger partial charge in [0.2, 0.25) is 5.91 Å². The number of hydrogen-bond donors (Lipinski definition) is 2. The van der Waals surface area contributed by atoms with Crippen LogP contribution in [0.5, 0.6) is 0 Å². The number of nitrogens with zero attached hydrogens (tertiary/aromatic N) is 3. The molecule has 1 aliphatic rings. The first-order chi connectivity index (χ1) is 8.36. The summed E-state index contributed by atoms with van der Waals surface area (Å²) < 4.78 is 1.77. The third-order valence-electron chi connectivity index (χ3n) is 2.96. The molecule has 1 aliphatic heterocycles. The summed E-state index contributed by atoms with van der Waals surface area (Å²) in [7, 11) is 0. The second-order valence-corrected chi connectivity index (χ2v) is 4.31. The number of rotatable bonds is 5. The van der Waals surface area contributed by atoms with Crippen LogP contribution in [0.15, 0.2) is 12.4 Å². The van der Waals surface area contributed by atoms with Crippen molar-refractivity contribution in [2.45, 2.75) is 38.3 Å². The number of nitrogens with one attached hydrogen (secondary N) is 2. The van der Waals surface area contributed by atoms with Crippen LogP contribution in [0.1, 0.15) is 25.7 Å². The van der Waals surface area contributed by atoms with Crippen molar-refractivity contribution in [3.8, 4) is 0 Å². The quantitative estimate of drug-likeness (QED) is 0.703. The molecule has 6 nitrogen and oxygen atoms in total. The maximum atomic E-state index is 11.8. The Bertz CT molecular complexity index is 332. The fourth-order valence-corrected chi connectivity index (χ4v) is 2.00. The van der Waals surface area contributed by atoms with Crippen LogP contribution < -0.4 is 10.6 Å². The normalized spacial score (nSPS) is 20.1. The van der Waals surface area contributed by atoms with Gasteiger partial charge in [0.05, 0.1) is 12.2 Å². The highest BCUT2D eigenvalue weighted by Crippen LogP contribution is 2.06. The summed E-state index contributed by atoms with van der Waals surface area (Å²) in [6, 6.07) is 0.00937. The van der Waals surface area contributed by atoms with Gasteiger partial charge in [-0.1, -0.05) is 11.6 Å². The molecule has 17 heavy (non-hydrogen) atoms. The van der Waals surface area contributed by atoms with E-state index in [4.69, 9.17) is 0 Å². The number of aryl methyl sites for hydroxylation is 1. The lowest BCUT2D eigenvalue weighted by atomic mass is 10.0. The van der Waals surface area contributed by atoms with Crippen LogP contribution in [0.4, 0.5) is 0 Å². The van der Waals surface area contributed by atoms with Gasteiger partial charge in [0.1, 0.15) is 0 Å². The molecule has 1 aromatic heterocycles. The van der Waals surface area contributed by atoms with Crippen molar-refractivity contribution in [3.05, 3.63) is 12.4 Å². The van der Waals surface area contributed by atoms with Crippen molar-refractivity contribution >= 4 is 5.91 Å². The first kappa shape index (κ1) is 12.0. The average Bonchev–Trinajstić information content (AvgIpc) is 2.88. The van der Waals surface area contributed by atoms with E-state index in [-0.39, 0.29) is 11.9 Å². The maximum Gasteiger partial charge on any atom is 0.237 e. The Morgan fingerprint density at radius 1 is 1.53 bits per heavy atom. The Morgan fingerprint density at radius 3 is 3.18 bits per heavy atom. The SMILES string of the molecule is O=C(NCCCn1ccnn1)[C@H]1CCCCN1. The fraction of sp³-hybridized carbons (Fsp3) is 0.727. The first-order valence-corrected chi connectivity index (χ1v) is 6.21. The molecule has 1 saturated heterocycles. The first-order valence-electron chi connectivity index (χ1n) is 6.21. The maximum absolute atomic E-state index is 11.8. The van der Waals surface area contributed by atoms with Crippen LogP contribution in [0, 0.1) is 0 Å². The zero-order chi connectivity index (χ0) is 11.9. The molecule has 6 heteroatoms. The number of carbonyl (C=O) groups excluding carboxylic acids is 1. The third kappa shape index (κ3) is 3.81. The lowest BCUT2D eigenvalue weighted by molar-refractivity contribution is -0.123. The van der Waals surface area contributed by atoms with Crippen molar-refractivity contribution < 1.29 is 4.79 Å². The van der Waals surface area contributed by atoms with Gasteiger partial charge in [0.25, 0.3) is 0 Å². The van der Waals surface area contributed by atoms with Crippen LogP contribution in [-0.4, -0.2) is 40.0 Å². The molecule has 1 fully saturated rings. The monoisotopic (exact) mass is 237 g/mol. The van der Waals surface area contributed by atoms with Crippen molar-refractivity contribution in [1.29, 1.82) is 0 Å². The van der Waals surface area contributed by atoms with Gasteiger partial charge in [-0.15, -0.1) is 5.10 Å². The minimum absolute atomic E-state index is 0.00937. The second kappa shape index (κ2) is 6.34. The lowest BCUT2D eigenvalue weighted by Crippen LogP contribution is -2.46. The molecule has 2 heterocycles. The van der Waals surface area contributed by atoms with Gasteiger partial charge in [-0.05, 0) is 25.8 Å². The Balaban J connectivity index is 1.59. The highest BCUT2D eigenvalue weighted by molar-refractivity contribution is 5.81. The standard InChI is InChI=1S/C11H19N5O/c17-11(10-4-1-2-5-12-10)13-6-3-8-16-9-7-14-15-16/h7,9-10,12H,1-6,8H2,(H,13,17)/t10-/m1/s1. The topological polar surface area (TPSA) is 71.8 Å². The molecule has 2 rings (SSSR count). The summed E-state index contributed by atoms with van der Waals surface area (Å²) in [5.74, 6) is 0.128. The smallest absolute Gasteiger partial charge is 0.237 e. The van der Waals surface area contributed by atoms with Crippen LogP contribution in [0.3, 0.4) is 0 Å². The van der Waals surface area contributed by atoms with E-state index in [1.807, 2.05) is 6.20 Å². The van der Waals surface area contributed by atoms with E-state index < -0.39 is 0 Å². The van der Waals surface area contributed by atoms with Crippen molar-refractivity contribution in [3.63, 3.8) is 0 Å². The number of aromatic nitrogens is 3. The van der Waals surface area contributed by atoms with Crippen LogP contribution in [0.25, 0.3) is 0 Å². The van der Waals surface area contributed by atoms with Crippen LogP contribution in [0.2, 0.25) is 0 Å². The zero-order valence-electron chi connectivity index (χ0n) is 9.93. The highest BCUT2D eigenvalue weighted by atomic mass is 16.2. The fourth-order valence-electron chi connectivity index (χ4n) is 2.00. The summed E-state index contributed by atoms with van der Waals surface area (Å²) in [5, 5.41) is 13.8. The molecule has 0 unspecified atom stereocenters. The molecule has 1 aromatic rings. The number of amides is 1. The summed E-state index contributed by atoms with van der Waals surface area (Å²) in [5.41, 5.74) is 0. The van der Waals surface area contributed by atoms with Crippen LogP contribution >= 0.6 is 0 Å². The summed E-state index contributed by atoms with van der Waals surface area (Å²) >= 11 is 0. The van der Waals surface area contributed by atoms with Gasteiger partial charge in [-0.25, -0.2) is 0 Å². The van der Waals surface area contributed by atoms with Gasteiger partial charge < -0.3 is 10.6 Å².